The van der Waals surface area contributed by atoms with Gasteiger partial charge in [-0.25, -0.2) is 0 Å². The van der Waals surface area contributed by atoms with Crippen molar-refractivity contribution in [2.75, 3.05) is 0 Å². The maximum absolute atomic E-state index is 10.4. The van der Waals surface area contributed by atoms with Crippen molar-refractivity contribution in [1.29, 1.82) is 0 Å². The van der Waals surface area contributed by atoms with Crippen LogP contribution in [0, 0.1) is 40.8 Å². The Morgan fingerprint density at radius 1 is 0.419 bits per heavy atom. The van der Waals surface area contributed by atoms with Gasteiger partial charge < -0.3 is 44.4 Å². The van der Waals surface area contributed by atoms with Crippen LogP contribution in [0.1, 0.15) is 83.1 Å². The molecule has 0 aromatic heterocycles. The van der Waals surface area contributed by atoms with Gasteiger partial charge in [-0.15, -0.1) is 0 Å². The zero-order valence-corrected chi connectivity index (χ0v) is 24.5. The number of carboxylic acid groups (broad SMARTS) is 3. The van der Waals surface area contributed by atoms with E-state index in [1.165, 1.54) is 14.7 Å². The molecular weight excluding hydrogens is 534 g/mol. The van der Waals surface area contributed by atoms with Crippen molar-refractivity contribution in [1.82, 2.24) is 14.7 Å². The Morgan fingerprint density at radius 3 is 0.516 bits per heavy atom. The second-order valence-electron chi connectivity index (χ2n) is 8.58. The molecule has 9 nitrogen and oxygen atoms in total. The smallest absolute Gasteiger partial charge is 0.530 e. The first-order chi connectivity index (χ1) is 13.4. The first-order valence-corrected chi connectivity index (χ1v) is 10.4. The van der Waals surface area contributed by atoms with Crippen LogP contribution in [0.2, 0.25) is 0 Å². The summed E-state index contributed by atoms with van der Waals surface area (Å²) < 4.78 is 0. The Labute approximate surface area is 221 Å². The third kappa shape index (κ3) is 17.4. The van der Waals surface area contributed by atoms with Gasteiger partial charge >= 0.3 is 40.8 Å². The van der Waals surface area contributed by atoms with Gasteiger partial charge in [0.2, 0.25) is 0 Å². The Morgan fingerprint density at radius 2 is 0.516 bits per heavy atom. The van der Waals surface area contributed by atoms with Crippen LogP contribution in [0.4, 0.5) is 14.4 Å². The van der Waals surface area contributed by atoms with Crippen LogP contribution in [0.25, 0.3) is 0 Å². The third-order valence-electron chi connectivity index (χ3n) is 3.97. The molecule has 0 atom stereocenters. The summed E-state index contributed by atoms with van der Waals surface area (Å²) in [6.45, 7) is 21.9. The van der Waals surface area contributed by atoms with E-state index in [1.807, 2.05) is 83.1 Å². The fourth-order valence-corrected chi connectivity index (χ4v) is 3.05. The molecule has 0 fully saturated rings. The van der Waals surface area contributed by atoms with Crippen molar-refractivity contribution >= 4 is 18.3 Å². The van der Waals surface area contributed by atoms with E-state index < -0.39 is 18.3 Å². The molecule has 181 valence electrons. The fourth-order valence-electron chi connectivity index (χ4n) is 3.05. The number of carbonyl (C=O) groups excluding carboxylic acids is 3. The predicted molar refractivity (Wildman–Crippen MR) is 113 cm³/mol. The van der Waals surface area contributed by atoms with Crippen LogP contribution in [0.3, 0.4) is 0 Å². The molecule has 0 saturated carbocycles. The maximum Gasteiger partial charge on any atom is 3.00 e. The minimum Gasteiger partial charge on any atom is -0.530 e. The van der Waals surface area contributed by atoms with Crippen molar-refractivity contribution in [2.24, 2.45) is 0 Å². The molecule has 0 aromatic rings. The molecule has 0 saturated heterocycles. The van der Waals surface area contributed by atoms with Crippen molar-refractivity contribution in [3.05, 3.63) is 0 Å². The van der Waals surface area contributed by atoms with Gasteiger partial charge in [0.05, 0.1) is 0 Å². The maximum atomic E-state index is 10.4. The first-order valence-electron chi connectivity index (χ1n) is 10.4. The van der Waals surface area contributed by atoms with E-state index >= 15 is 0 Å². The molecule has 10 heteroatoms. The molecule has 0 aliphatic heterocycles. The molecule has 0 aliphatic carbocycles. The van der Waals surface area contributed by atoms with Crippen LogP contribution in [0.5, 0.6) is 0 Å². The van der Waals surface area contributed by atoms with E-state index in [9.17, 15) is 29.7 Å². The third-order valence-corrected chi connectivity index (χ3v) is 3.97. The molecule has 0 bridgehead atoms. The van der Waals surface area contributed by atoms with Crippen molar-refractivity contribution in [3.63, 3.8) is 0 Å². The molecule has 3 amide bonds. The summed E-state index contributed by atoms with van der Waals surface area (Å²) >= 11 is 0. The van der Waals surface area contributed by atoms with E-state index in [-0.39, 0.29) is 77.1 Å². The van der Waals surface area contributed by atoms with Gasteiger partial charge in [-0.1, -0.05) is 0 Å². The standard InChI is InChI=1S/3C7H15NO2.Nd/c3*1-5(2)8(6(3)4)7(9)10;/h3*5-6H,1-4H3,(H,9,10);/q;;;+3/p-3. The molecule has 0 aliphatic rings. The average molecular weight is 577 g/mol. The largest absolute Gasteiger partial charge is 3.00 e. The Kier molecular flexibility index (Phi) is 22.6. The van der Waals surface area contributed by atoms with E-state index in [0.29, 0.717) is 0 Å². The minimum absolute atomic E-state index is 0. The number of carbonyl (C=O) groups is 3. The monoisotopic (exact) mass is 574 g/mol. The SMILES string of the molecule is CC(C)N(C(=O)[O-])C(C)C.CC(C)N(C(=O)[O-])C(C)C.CC(C)N(C(=O)[O-])C(C)C.[Nd+3]. The van der Waals surface area contributed by atoms with Crippen LogP contribution < -0.4 is 15.3 Å². The van der Waals surface area contributed by atoms with E-state index in [0.717, 1.165) is 0 Å². The zero-order valence-electron chi connectivity index (χ0n) is 21.3. The van der Waals surface area contributed by atoms with Crippen LogP contribution in [-0.4, -0.2) is 69.2 Å². The first kappa shape index (κ1) is 37.5. The van der Waals surface area contributed by atoms with Crippen molar-refractivity contribution < 1.29 is 70.5 Å². The van der Waals surface area contributed by atoms with Gasteiger partial charge in [-0.05, 0) is 83.1 Å². The van der Waals surface area contributed by atoms with Gasteiger partial charge in [-0.3, -0.25) is 0 Å². The van der Waals surface area contributed by atoms with E-state index in [4.69, 9.17) is 0 Å². The second kappa shape index (κ2) is 18.7. The summed E-state index contributed by atoms with van der Waals surface area (Å²) in [5.74, 6) is 0. The summed E-state index contributed by atoms with van der Waals surface area (Å²) in [5.41, 5.74) is 0. The Hall–Kier alpha value is -0.839. The van der Waals surface area contributed by atoms with Crippen LogP contribution in [-0.2, 0) is 0 Å². The van der Waals surface area contributed by atoms with Crippen LogP contribution >= 0.6 is 0 Å². The van der Waals surface area contributed by atoms with Crippen molar-refractivity contribution in [3.8, 4) is 0 Å². The van der Waals surface area contributed by atoms with Crippen molar-refractivity contribution in [2.45, 2.75) is 119 Å². The van der Waals surface area contributed by atoms with Gasteiger partial charge in [0, 0.05) is 36.3 Å². The van der Waals surface area contributed by atoms with Gasteiger partial charge in [0.1, 0.15) is 18.3 Å². The fraction of sp³-hybridized carbons (Fsp3) is 0.857. The molecule has 0 rings (SSSR count). The van der Waals surface area contributed by atoms with Gasteiger partial charge in [0.15, 0.2) is 0 Å². The van der Waals surface area contributed by atoms with Gasteiger partial charge in [-0.2, -0.15) is 0 Å². The molecule has 0 N–H and O–H groups in total. The minimum atomic E-state index is -1.09. The van der Waals surface area contributed by atoms with E-state index in [1.54, 1.807) is 0 Å². The summed E-state index contributed by atoms with van der Waals surface area (Å²) in [5, 5.41) is 31.2. The number of rotatable bonds is 6. The van der Waals surface area contributed by atoms with Gasteiger partial charge in [0.25, 0.3) is 0 Å². The Bertz CT molecular complexity index is 416. The second-order valence-corrected chi connectivity index (χ2v) is 8.58. The summed E-state index contributed by atoms with van der Waals surface area (Å²) in [4.78, 5) is 35.1. The topological polar surface area (TPSA) is 130 Å². The quantitative estimate of drug-likeness (QED) is 0.469. The molecule has 31 heavy (non-hydrogen) atoms. The number of hydrogen-bond acceptors (Lipinski definition) is 6. The predicted octanol–water partition coefficient (Wildman–Crippen LogP) is 1.35. The molecule has 1 radical (unpaired) electrons. The van der Waals surface area contributed by atoms with E-state index in [2.05, 4.69) is 0 Å². The molecule has 0 aromatic carbocycles. The molecular formula is C21H42N3NdO6. The molecule has 0 heterocycles. The molecule has 0 spiro atoms. The summed E-state index contributed by atoms with van der Waals surface area (Å²) in [7, 11) is 0. The summed E-state index contributed by atoms with van der Waals surface area (Å²) in [6, 6.07) is 0.0278. The zero-order chi connectivity index (χ0) is 24.9. The number of amides is 3. The average Bonchev–Trinajstić information content (AvgIpc) is 2.43. The number of nitrogens with zero attached hydrogens (tertiary/aromatic N) is 3. The Balaban J connectivity index is -0.000000174. The summed E-state index contributed by atoms with van der Waals surface area (Å²) in [6.07, 6.45) is -3.28. The normalized spacial score (nSPS) is 10.3. The van der Waals surface area contributed by atoms with Crippen LogP contribution in [0.15, 0.2) is 0 Å². The number of hydrogen-bond donors (Lipinski definition) is 0. The molecule has 0 unspecified atom stereocenters.